The molecular formula is C33H48N4. The molecule has 0 fully saturated rings. The van der Waals surface area contributed by atoms with Gasteiger partial charge in [0.15, 0.2) is 0 Å². The molecule has 1 aromatic rings. The summed E-state index contributed by atoms with van der Waals surface area (Å²) in [6, 6.07) is 13.3. The van der Waals surface area contributed by atoms with Crippen molar-refractivity contribution in [3.63, 3.8) is 0 Å². The molecule has 4 nitrogen and oxygen atoms in total. The van der Waals surface area contributed by atoms with Crippen LogP contribution in [0, 0.1) is 34.0 Å². The van der Waals surface area contributed by atoms with Crippen LogP contribution in [0.4, 0.5) is 0 Å². The van der Waals surface area contributed by atoms with Crippen molar-refractivity contribution in [1.82, 2.24) is 4.90 Å². The standard InChI is InChI=1S/C33H48N4/c1-3-5-7-9-11-13-15-17-24-37(25-18-16-14-12-10-8-6-4-2)26-23-32(27-34)30-19-21-31(22-20-30)33(28-35)29-36/h19-23,26H,3-18,24-25H2,1-2H3/b26-23+. The largest absolute Gasteiger partial charge is 0.377 e. The van der Waals surface area contributed by atoms with Crippen LogP contribution < -0.4 is 10.4 Å². The lowest BCUT2D eigenvalue weighted by Crippen LogP contribution is -2.20. The van der Waals surface area contributed by atoms with Crippen LogP contribution in [0.25, 0.3) is 11.1 Å². The maximum Gasteiger partial charge on any atom is 0.136 e. The predicted molar refractivity (Wildman–Crippen MR) is 155 cm³/mol. The van der Waals surface area contributed by atoms with Crippen molar-refractivity contribution in [2.75, 3.05) is 13.1 Å². The molecule has 1 aromatic carbocycles. The first-order chi connectivity index (χ1) is 18.2. The Morgan fingerprint density at radius 1 is 0.595 bits per heavy atom. The van der Waals surface area contributed by atoms with Crippen molar-refractivity contribution < 1.29 is 0 Å². The summed E-state index contributed by atoms with van der Waals surface area (Å²) >= 11 is 0. The minimum Gasteiger partial charge on any atom is -0.377 e. The van der Waals surface area contributed by atoms with Crippen molar-refractivity contribution in [3.8, 4) is 18.2 Å². The van der Waals surface area contributed by atoms with Gasteiger partial charge in [0.25, 0.3) is 0 Å². The molecular weight excluding hydrogens is 452 g/mol. The molecule has 0 saturated carbocycles. The Kier molecular flexibility index (Phi) is 19.2. The number of hydrogen-bond acceptors (Lipinski definition) is 4. The van der Waals surface area contributed by atoms with E-state index in [2.05, 4.69) is 31.0 Å². The highest BCUT2D eigenvalue weighted by Crippen LogP contribution is 2.12. The highest BCUT2D eigenvalue weighted by molar-refractivity contribution is 5.73. The van der Waals surface area contributed by atoms with Crippen LogP contribution in [-0.2, 0) is 0 Å². The van der Waals surface area contributed by atoms with Gasteiger partial charge < -0.3 is 4.90 Å². The molecule has 0 aliphatic rings. The van der Waals surface area contributed by atoms with E-state index in [1.165, 1.54) is 103 Å². The van der Waals surface area contributed by atoms with Gasteiger partial charge in [-0.05, 0) is 24.1 Å². The first-order valence-corrected chi connectivity index (χ1v) is 14.7. The van der Waals surface area contributed by atoms with Crippen LogP contribution in [0.3, 0.4) is 0 Å². The van der Waals surface area contributed by atoms with E-state index >= 15 is 0 Å². The number of allylic oxidation sites excluding steroid dienone is 1. The maximum absolute atomic E-state index is 9.77. The zero-order chi connectivity index (χ0) is 27.0. The van der Waals surface area contributed by atoms with E-state index in [-0.39, 0.29) is 5.57 Å². The fraction of sp³-hybridized carbons (Fsp3) is 0.606. The van der Waals surface area contributed by atoms with Crippen molar-refractivity contribution >= 4 is 11.1 Å². The molecule has 0 radical (unpaired) electrons. The molecule has 4 heteroatoms. The molecule has 0 unspecified atom stereocenters. The molecule has 0 atom stereocenters. The molecule has 0 heterocycles. The fourth-order valence-electron chi connectivity index (χ4n) is 4.51. The van der Waals surface area contributed by atoms with Gasteiger partial charge in [0.2, 0.25) is 0 Å². The lowest BCUT2D eigenvalue weighted by molar-refractivity contribution is 0.349. The van der Waals surface area contributed by atoms with Crippen LogP contribution in [0.15, 0.2) is 36.5 Å². The second-order valence-electron chi connectivity index (χ2n) is 10.0. The summed E-state index contributed by atoms with van der Waals surface area (Å²) in [6.45, 7) is 6.58. The summed E-state index contributed by atoms with van der Waals surface area (Å²) < 4.78 is 0. The maximum atomic E-state index is 9.77. The van der Waals surface area contributed by atoms with E-state index in [9.17, 15) is 5.26 Å². The Hall–Kier alpha value is -3.03. The summed E-state index contributed by atoms with van der Waals surface area (Å²) in [5, 5.41) is 29.3. The zero-order valence-corrected chi connectivity index (χ0v) is 23.5. The second-order valence-corrected chi connectivity index (χ2v) is 10.0. The van der Waals surface area contributed by atoms with Crippen molar-refractivity contribution in [2.24, 2.45) is 0 Å². The van der Waals surface area contributed by atoms with Crippen LogP contribution in [0.2, 0.25) is 0 Å². The van der Waals surface area contributed by atoms with Gasteiger partial charge in [-0.2, -0.15) is 15.8 Å². The monoisotopic (exact) mass is 500 g/mol. The molecule has 0 aliphatic carbocycles. The van der Waals surface area contributed by atoms with E-state index in [4.69, 9.17) is 10.5 Å². The first kappa shape index (κ1) is 32.0. The van der Waals surface area contributed by atoms with E-state index in [0.717, 1.165) is 18.3 Å². The van der Waals surface area contributed by atoms with Crippen molar-refractivity contribution in [1.29, 1.82) is 15.8 Å². The minimum absolute atomic E-state index is 0.0856. The lowest BCUT2D eigenvalue weighted by atomic mass is 10.1. The summed E-state index contributed by atoms with van der Waals surface area (Å²) in [6.07, 6.45) is 25.0. The summed E-state index contributed by atoms with van der Waals surface area (Å²) in [4.78, 5) is 2.39. The number of nitriles is 3. The molecule has 0 bridgehead atoms. The number of hydrogen-bond donors (Lipinski definition) is 0. The van der Waals surface area contributed by atoms with Crippen LogP contribution in [-0.4, -0.2) is 18.0 Å². The molecule has 0 spiro atoms. The lowest BCUT2D eigenvalue weighted by Gasteiger charge is -2.20. The van der Waals surface area contributed by atoms with E-state index in [1.54, 1.807) is 12.1 Å². The molecule has 0 N–H and O–H groups in total. The number of nitrogens with zero attached hydrogens (tertiary/aromatic N) is 4. The third-order valence-corrected chi connectivity index (χ3v) is 6.88. The van der Waals surface area contributed by atoms with Crippen molar-refractivity contribution in [2.45, 2.75) is 117 Å². The quantitative estimate of drug-likeness (QED) is 0.172. The summed E-state index contributed by atoms with van der Waals surface area (Å²) in [5.74, 6) is 0. The second kappa shape index (κ2) is 22.2. The van der Waals surface area contributed by atoms with Gasteiger partial charge in [0.1, 0.15) is 17.7 Å². The molecule has 200 valence electrons. The van der Waals surface area contributed by atoms with E-state index < -0.39 is 0 Å². The van der Waals surface area contributed by atoms with Gasteiger partial charge in [0.05, 0.1) is 11.6 Å². The van der Waals surface area contributed by atoms with E-state index in [0.29, 0.717) is 10.8 Å². The average molecular weight is 501 g/mol. The van der Waals surface area contributed by atoms with Gasteiger partial charge in [0, 0.05) is 24.5 Å². The van der Waals surface area contributed by atoms with E-state index in [1.807, 2.05) is 30.3 Å². The Bertz CT molecular complexity index is 957. The smallest absolute Gasteiger partial charge is 0.136 e. The third kappa shape index (κ3) is 15.0. The SMILES string of the molecule is CCCCCCCCCCN(/C=C/C(C#N)=c1ccc(=C(C#N)C#N)cc1)CCCCCCCCCC. The Morgan fingerprint density at radius 2 is 1.00 bits per heavy atom. The fourth-order valence-corrected chi connectivity index (χ4v) is 4.51. The Balaban J connectivity index is 2.74. The number of rotatable bonds is 20. The van der Waals surface area contributed by atoms with Gasteiger partial charge >= 0.3 is 0 Å². The Morgan fingerprint density at radius 3 is 1.41 bits per heavy atom. The summed E-state index contributed by atoms with van der Waals surface area (Å²) in [7, 11) is 0. The van der Waals surface area contributed by atoms with Crippen LogP contribution in [0.1, 0.15) is 117 Å². The number of benzene rings is 1. The molecule has 1 rings (SSSR count). The molecule has 0 aliphatic heterocycles. The first-order valence-electron chi connectivity index (χ1n) is 14.7. The highest BCUT2D eigenvalue weighted by Gasteiger charge is 2.02. The topological polar surface area (TPSA) is 74.6 Å². The number of unbranched alkanes of at least 4 members (excludes halogenated alkanes) is 14. The van der Waals surface area contributed by atoms with Crippen LogP contribution >= 0.6 is 0 Å². The average Bonchev–Trinajstić information content (AvgIpc) is 2.92. The van der Waals surface area contributed by atoms with Crippen molar-refractivity contribution in [3.05, 3.63) is 47.0 Å². The molecule has 37 heavy (non-hydrogen) atoms. The van der Waals surface area contributed by atoms with Gasteiger partial charge in [-0.3, -0.25) is 0 Å². The highest BCUT2D eigenvalue weighted by atomic mass is 15.1. The zero-order valence-electron chi connectivity index (χ0n) is 23.5. The van der Waals surface area contributed by atoms with Gasteiger partial charge in [-0.1, -0.05) is 128 Å². The van der Waals surface area contributed by atoms with Gasteiger partial charge in [-0.25, -0.2) is 0 Å². The Labute approximate surface area is 226 Å². The van der Waals surface area contributed by atoms with Crippen LogP contribution in [0.5, 0.6) is 0 Å². The minimum atomic E-state index is 0.0856. The molecule has 0 amide bonds. The predicted octanol–water partition coefficient (Wildman–Crippen LogP) is 7.66. The molecule has 0 saturated heterocycles. The molecule has 0 aromatic heterocycles. The summed E-state index contributed by atoms with van der Waals surface area (Å²) in [5.41, 5.74) is 0.682. The normalized spacial score (nSPS) is 10.6. The third-order valence-electron chi connectivity index (χ3n) is 6.88. The van der Waals surface area contributed by atoms with Gasteiger partial charge in [-0.15, -0.1) is 0 Å².